The molecule has 0 saturated heterocycles. The molecule has 0 unspecified atom stereocenters. The molecule has 0 bridgehead atoms. The van der Waals surface area contributed by atoms with Crippen molar-refractivity contribution < 1.29 is 43.3 Å². The molecule has 0 heterocycles. The van der Waals surface area contributed by atoms with Crippen LogP contribution in [-0.4, -0.2) is 71.8 Å². The van der Waals surface area contributed by atoms with Crippen LogP contribution in [0.15, 0.2) is 0 Å². The zero-order chi connectivity index (χ0) is 40.5. The summed E-state index contributed by atoms with van der Waals surface area (Å²) in [5.41, 5.74) is -0.703. The lowest BCUT2D eigenvalue weighted by molar-refractivity contribution is -0.161. The average Bonchev–Trinajstić information content (AvgIpc) is 3.10. The largest absolute Gasteiger partial charge is 0.481 e. The first-order valence-corrected chi connectivity index (χ1v) is 20.8. The van der Waals surface area contributed by atoms with Crippen molar-refractivity contribution >= 4 is 35.3 Å². The molecule has 2 atom stereocenters. The van der Waals surface area contributed by atoms with E-state index >= 15 is 0 Å². The van der Waals surface area contributed by atoms with E-state index in [1.165, 1.54) is 64.2 Å². The summed E-state index contributed by atoms with van der Waals surface area (Å²) in [6.45, 7) is 8.26. The molecule has 310 valence electrons. The number of Topliss-reactive ketones (excluding diaryl/α,β-unsaturated/α-hetero) is 2. The molecular weight excluding hydrogens is 688 g/mol. The first-order chi connectivity index (χ1) is 25.8. The maximum absolute atomic E-state index is 13.0. The standard InChI is InChI=1S/C43H74N2O9/c1-6-8-10-11-12-13-14-15-16-17-18-19-20-24-36(46)34-35(42(52)54-43(3,4)5)28-29-39(48)44-31-22-21-25-37(45-40(49)27-9-7-2)38(47)26-23-32-53-33-30-41(50)51/h2,35,37H,6,8-34H2,1,3-5H3,(H,44,48)(H,45,49)(H,50,51)/t35-,37+/m1/s1. The number of hydrogen-bond donors (Lipinski definition) is 3. The molecule has 0 aromatic carbocycles. The van der Waals surface area contributed by atoms with E-state index in [4.69, 9.17) is 21.0 Å². The molecule has 2 amide bonds. The molecule has 0 saturated carbocycles. The first kappa shape index (κ1) is 50.7. The van der Waals surface area contributed by atoms with Crippen LogP contribution in [0.3, 0.4) is 0 Å². The Morgan fingerprint density at radius 2 is 1.30 bits per heavy atom. The predicted molar refractivity (Wildman–Crippen MR) is 213 cm³/mol. The van der Waals surface area contributed by atoms with Gasteiger partial charge in [-0.2, -0.15) is 0 Å². The first-order valence-electron chi connectivity index (χ1n) is 20.8. The number of esters is 1. The lowest BCUT2D eigenvalue weighted by Crippen LogP contribution is -2.41. The third-order valence-corrected chi connectivity index (χ3v) is 9.13. The van der Waals surface area contributed by atoms with Crippen LogP contribution in [-0.2, 0) is 38.2 Å². The van der Waals surface area contributed by atoms with E-state index in [0.29, 0.717) is 38.6 Å². The lowest BCUT2D eigenvalue weighted by Gasteiger charge is -2.23. The molecule has 0 aliphatic heterocycles. The second-order valence-corrected chi connectivity index (χ2v) is 15.5. The Balaban J connectivity index is 4.63. The zero-order valence-corrected chi connectivity index (χ0v) is 34.2. The van der Waals surface area contributed by atoms with E-state index in [1.54, 1.807) is 20.8 Å². The summed E-state index contributed by atoms with van der Waals surface area (Å²) in [4.78, 5) is 74.3. The number of terminal acetylenes is 1. The lowest BCUT2D eigenvalue weighted by atomic mass is 9.94. The molecule has 54 heavy (non-hydrogen) atoms. The molecule has 0 aromatic heterocycles. The van der Waals surface area contributed by atoms with Crippen molar-refractivity contribution in [1.82, 2.24) is 10.6 Å². The van der Waals surface area contributed by atoms with Crippen molar-refractivity contribution in [3.8, 4) is 12.3 Å². The summed E-state index contributed by atoms with van der Waals surface area (Å²) in [6.07, 6.45) is 24.4. The molecule has 3 N–H and O–H groups in total. The highest BCUT2D eigenvalue weighted by molar-refractivity contribution is 5.89. The Kier molecular flexibility index (Phi) is 31.1. The van der Waals surface area contributed by atoms with Gasteiger partial charge in [0, 0.05) is 51.7 Å². The van der Waals surface area contributed by atoms with Gasteiger partial charge in [-0.05, 0) is 59.3 Å². The minimum atomic E-state index is -0.955. The van der Waals surface area contributed by atoms with Crippen molar-refractivity contribution in [3.63, 3.8) is 0 Å². The van der Waals surface area contributed by atoms with Gasteiger partial charge in [0.15, 0.2) is 5.78 Å². The Morgan fingerprint density at radius 3 is 1.87 bits per heavy atom. The quantitative estimate of drug-likeness (QED) is 0.0324. The van der Waals surface area contributed by atoms with Gasteiger partial charge in [0.25, 0.3) is 0 Å². The van der Waals surface area contributed by atoms with Gasteiger partial charge in [0.2, 0.25) is 11.8 Å². The number of carboxylic acid groups (broad SMARTS) is 1. The fourth-order valence-electron chi connectivity index (χ4n) is 6.05. The van der Waals surface area contributed by atoms with Crippen LogP contribution in [0.25, 0.3) is 0 Å². The van der Waals surface area contributed by atoms with Gasteiger partial charge in [-0.15, -0.1) is 12.3 Å². The zero-order valence-electron chi connectivity index (χ0n) is 34.2. The molecule has 0 fully saturated rings. The van der Waals surface area contributed by atoms with Gasteiger partial charge >= 0.3 is 11.9 Å². The van der Waals surface area contributed by atoms with Crippen molar-refractivity contribution in [3.05, 3.63) is 0 Å². The number of ether oxygens (including phenoxy) is 2. The highest BCUT2D eigenvalue weighted by atomic mass is 16.6. The molecule has 0 spiro atoms. The minimum Gasteiger partial charge on any atom is -0.481 e. The number of rotatable bonds is 36. The number of aliphatic carboxylic acids is 1. The van der Waals surface area contributed by atoms with Crippen molar-refractivity contribution in [2.75, 3.05) is 19.8 Å². The Bertz CT molecular complexity index is 1110. The number of carbonyl (C=O) groups is 6. The van der Waals surface area contributed by atoms with Gasteiger partial charge in [0.1, 0.15) is 11.4 Å². The summed E-state index contributed by atoms with van der Waals surface area (Å²) < 4.78 is 10.8. The Labute approximate surface area is 326 Å². The normalized spacial score (nSPS) is 12.4. The molecule has 0 aromatic rings. The third-order valence-electron chi connectivity index (χ3n) is 9.13. The fourth-order valence-corrected chi connectivity index (χ4v) is 6.05. The molecule has 0 aliphatic carbocycles. The van der Waals surface area contributed by atoms with Crippen LogP contribution < -0.4 is 10.6 Å². The second-order valence-electron chi connectivity index (χ2n) is 15.5. The average molecular weight is 763 g/mol. The summed E-state index contributed by atoms with van der Waals surface area (Å²) in [7, 11) is 0. The molecular formula is C43H74N2O9. The summed E-state index contributed by atoms with van der Waals surface area (Å²) in [5.74, 6) is -0.342. The van der Waals surface area contributed by atoms with E-state index in [9.17, 15) is 28.8 Å². The number of hydrogen-bond acceptors (Lipinski definition) is 8. The number of nitrogens with one attached hydrogen (secondary N) is 2. The van der Waals surface area contributed by atoms with E-state index in [1.807, 2.05) is 0 Å². The van der Waals surface area contributed by atoms with Gasteiger partial charge in [-0.25, -0.2) is 0 Å². The van der Waals surface area contributed by atoms with E-state index in [0.717, 1.165) is 19.3 Å². The number of carbonyl (C=O) groups excluding carboxylic acids is 5. The van der Waals surface area contributed by atoms with Crippen molar-refractivity contribution in [2.24, 2.45) is 5.92 Å². The van der Waals surface area contributed by atoms with Crippen LogP contribution in [0, 0.1) is 18.3 Å². The van der Waals surface area contributed by atoms with E-state index < -0.39 is 29.5 Å². The number of amides is 2. The summed E-state index contributed by atoms with van der Waals surface area (Å²) in [5, 5.41) is 14.3. The topological polar surface area (TPSA) is 165 Å². The second kappa shape index (κ2) is 33.1. The van der Waals surface area contributed by atoms with Gasteiger partial charge in [-0.1, -0.05) is 84.0 Å². The van der Waals surface area contributed by atoms with Crippen LogP contribution in [0.2, 0.25) is 0 Å². The van der Waals surface area contributed by atoms with Crippen LogP contribution in [0.4, 0.5) is 0 Å². The highest BCUT2D eigenvalue weighted by Gasteiger charge is 2.28. The Morgan fingerprint density at radius 1 is 0.685 bits per heavy atom. The molecule has 0 radical (unpaired) electrons. The monoisotopic (exact) mass is 763 g/mol. The highest BCUT2D eigenvalue weighted by Crippen LogP contribution is 2.21. The molecule has 0 rings (SSSR count). The summed E-state index contributed by atoms with van der Waals surface area (Å²) >= 11 is 0. The SMILES string of the molecule is C#CCCC(=O)N[C@@H](CCCCNC(=O)CC[C@H](CC(=O)CCCCCCCCCCCCCCC)C(=O)OC(C)(C)C)C(=O)CCCOCCC(=O)O. The van der Waals surface area contributed by atoms with Gasteiger partial charge in [0.05, 0.1) is 25.0 Å². The number of carboxylic acids is 1. The molecule has 11 heteroatoms. The Hall–Kier alpha value is -3.26. The van der Waals surface area contributed by atoms with Crippen molar-refractivity contribution in [1.29, 1.82) is 0 Å². The number of ketones is 2. The van der Waals surface area contributed by atoms with E-state index in [-0.39, 0.29) is 81.5 Å². The minimum absolute atomic E-state index is 0.0236. The van der Waals surface area contributed by atoms with Crippen LogP contribution in [0.5, 0.6) is 0 Å². The predicted octanol–water partition coefficient (Wildman–Crippen LogP) is 8.19. The van der Waals surface area contributed by atoms with Crippen LogP contribution in [0.1, 0.15) is 188 Å². The smallest absolute Gasteiger partial charge is 0.309 e. The molecule has 11 nitrogen and oxygen atoms in total. The third kappa shape index (κ3) is 32.2. The van der Waals surface area contributed by atoms with Crippen molar-refractivity contribution in [2.45, 2.75) is 200 Å². The van der Waals surface area contributed by atoms with Gasteiger partial charge < -0.3 is 25.2 Å². The maximum Gasteiger partial charge on any atom is 0.309 e. The maximum atomic E-state index is 13.0. The summed E-state index contributed by atoms with van der Waals surface area (Å²) in [6, 6.07) is -0.697. The fraction of sp³-hybridized carbons (Fsp3) is 0.814. The van der Waals surface area contributed by atoms with E-state index in [2.05, 4.69) is 23.5 Å². The van der Waals surface area contributed by atoms with Crippen LogP contribution >= 0.6 is 0 Å². The number of unbranched alkanes of at least 4 members (excludes halogenated alkanes) is 13. The molecule has 0 aliphatic rings. The van der Waals surface area contributed by atoms with Gasteiger partial charge in [-0.3, -0.25) is 28.8 Å².